The van der Waals surface area contributed by atoms with E-state index in [4.69, 9.17) is 5.11 Å². The van der Waals surface area contributed by atoms with Gasteiger partial charge in [-0.15, -0.1) is 0 Å². The lowest BCUT2D eigenvalue weighted by Crippen LogP contribution is -2.15. The first-order chi connectivity index (χ1) is 5.98. The van der Waals surface area contributed by atoms with Gasteiger partial charge in [-0.2, -0.15) is 0 Å². The second-order valence-corrected chi connectivity index (χ2v) is 4.89. The van der Waals surface area contributed by atoms with Crippen LogP contribution in [0.3, 0.4) is 0 Å². The van der Waals surface area contributed by atoms with Gasteiger partial charge in [-0.05, 0) is 30.6 Å². The standard InChI is InChI=1S/C12H24O/c1-11(2)8-6-5-7-9-12(3,4)10-13/h6,8,11,13H,5,7,9-10H2,1-4H3. The van der Waals surface area contributed by atoms with Crippen LogP contribution in [-0.4, -0.2) is 11.7 Å². The quantitative estimate of drug-likeness (QED) is 0.495. The minimum absolute atomic E-state index is 0.103. The number of aliphatic hydroxyl groups excluding tert-OH is 1. The molecule has 0 heterocycles. The molecule has 0 fully saturated rings. The smallest absolute Gasteiger partial charge is 0.0482 e. The molecule has 0 aromatic carbocycles. The van der Waals surface area contributed by atoms with Gasteiger partial charge in [-0.1, -0.05) is 39.8 Å². The van der Waals surface area contributed by atoms with Crippen molar-refractivity contribution < 1.29 is 5.11 Å². The SMILES string of the molecule is CC(C)C=CCCCC(C)(C)CO. The summed E-state index contributed by atoms with van der Waals surface area (Å²) in [6.07, 6.45) is 7.91. The third-order valence-electron chi connectivity index (χ3n) is 2.17. The molecular formula is C12H24O. The van der Waals surface area contributed by atoms with Crippen molar-refractivity contribution in [2.75, 3.05) is 6.61 Å². The van der Waals surface area contributed by atoms with Crippen LogP contribution in [-0.2, 0) is 0 Å². The Kier molecular flexibility index (Phi) is 6.06. The fourth-order valence-electron chi connectivity index (χ4n) is 1.15. The summed E-state index contributed by atoms with van der Waals surface area (Å²) in [7, 11) is 0. The molecule has 0 radical (unpaired) electrons. The summed E-state index contributed by atoms with van der Waals surface area (Å²) in [6.45, 7) is 8.89. The number of hydrogen-bond acceptors (Lipinski definition) is 1. The van der Waals surface area contributed by atoms with Gasteiger partial charge in [0.25, 0.3) is 0 Å². The molecule has 78 valence electrons. The van der Waals surface area contributed by atoms with E-state index >= 15 is 0 Å². The molecule has 0 atom stereocenters. The Balaban J connectivity index is 3.46. The Morgan fingerprint density at radius 3 is 2.38 bits per heavy atom. The lowest BCUT2D eigenvalue weighted by atomic mass is 9.88. The van der Waals surface area contributed by atoms with Crippen LogP contribution in [0.1, 0.15) is 47.0 Å². The first-order valence-corrected chi connectivity index (χ1v) is 5.25. The predicted molar refractivity (Wildman–Crippen MR) is 58.7 cm³/mol. The van der Waals surface area contributed by atoms with Crippen LogP contribution in [0.5, 0.6) is 0 Å². The van der Waals surface area contributed by atoms with Gasteiger partial charge < -0.3 is 5.11 Å². The lowest BCUT2D eigenvalue weighted by Gasteiger charge is -2.20. The van der Waals surface area contributed by atoms with Gasteiger partial charge in [0.15, 0.2) is 0 Å². The summed E-state index contributed by atoms with van der Waals surface area (Å²) in [5.74, 6) is 0.658. The van der Waals surface area contributed by atoms with E-state index in [2.05, 4.69) is 39.8 Å². The highest BCUT2D eigenvalue weighted by atomic mass is 16.3. The number of aliphatic hydroxyl groups is 1. The van der Waals surface area contributed by atoms with Crippen molar-refractivity contribution in [3.05, 3.63) is 12.2 Å². The highest BCUT2D eigenvalue weighted by Gasteiger charge is 2.14. The molecule has 1 N–H and O–H groups in total. The minimum Gasteiger partial charge on any atom is -0.396 e. The van der Waals surface area contributed by atoms with Gasteiger partial charge in [0.2, 0.25) is 0 Å². The maximum absolute atomic E-state index is 9.02. The van der Waals surface area contributed by atoms with Gasteiger partial charge >= 0.3 is 0 Å². The normalized spacial score (nSPS) is 13.1. The summed E-state index contributed by atoms with van der Waals surface area (Å²) >= 11 is 0. The Morgan fingerprint density at radius 1 is 1.31 bits per heavy atom. The molecule has 13 heavy (non-hydrogen) atoms. The van der Waals surface area contributed by atoms with E-state index in [1.165, 1.54) is 6.42 Å². The number of hydrogen-bond donors (Lipinski definition) is 1. The Hall–Kier alpha value is -0.300. The fraction of sp³-hybridized carbons (Fsp3) is 0.833. The van der Waals surface area contributed by atoms with Crippen LogP contribution in [0.15, 0.2) is 12.2 Å². The molecule has 0 aromatic heterocycles. The zero-order valence-electron chi connectivity index (χ0n) is 9.51. The van der Waals surface area contributed by atoms with E-state index in [0.29, 0.717) is 12.5 Å². The van der Waals surface area contributed by atoms with E-state index in [1.54, 1.807) is 0 Å². The van der Waals surface area contributed by atoms with E-state index in [9.17, 15) is 0 Å². The molecule has 0 aliphatic carbocycles. The largest absolute Gasteiger partial charge is 0.396 e. The minimum atomic E-state index is 0.103. The maximum atomic E-state index is 9.02. The van der Waals surface area contributed by atoms with Crippen molar-refractivity contribution in [2.24, 2.45) is 11.3 Å². The zero-order chi connectivity index (χ0) is 10.3. The molecule has 0 spiro atoms. The van der Waals surface area contributed by atoms with Crippen LogP contribution < -0.4 is 0 Å². The zero-order valence-corrected chi connectivity index (χ0v) is 9.51. The van der Waals surface area contributed by atoms with Crippen LogP contribution >= 0.6 is 0 Å². The molecule has 0 rings (SSSR count). The van der Waals surface area contributed by atoms with Gasteiger partial charge in [-0.3, -0.25) is 0 Å². The maximum Gasteiger partial charge on any atom is 0.0482 e. The second kappa shape index (κ2) is 6.20. The Bertz CT molecular complexity index is 145. The Morgan fingerprint density at radius 2 is 1.92 bits per heavy atom. The number of rotatable bonds is 6. The van der Waals surface area contributed by atoms with Crippen LogP contribution in [0, 0.1) is 11.3 Å². The van der Waals surface area contributed by atoms with Crippen molar-refractivity contribution in [1.82, 2.24) is 0 Å². The first-order valence-electron chi connectivity index (χ1n) is 5.25. The van der Waals surface area contributed by atoms with Gasteiger partial charge in [0.1, 0.15) is 0 Å². The van der Waals surface area contributed by atoms with Crippen LogP contribution in [0.4, 0.5) is 0 Å². The highest BCUT2D eigenvalue weighted by molar-refractivity contribution is 4.84. The molecule has 0 amide bonds. The van der Waals surface area contributed by atoms with E-state index in [-0.39, 0.29) is 5.41 Å². The summed E-state index contributed by atoms with van der Waals surface area (Å²) in [5.41, 5.74) is 0.103. The Labute approximate surface area is 82.9 Å². The number of unbranched alkanes of at least 4 members (excludes halogenated alkanes) is 1. The van der Waals surface area contributed by atoms with Crippen molar-refractivity contribution in [2.45, 2.75) is 47.0 Å². The second-order valence-electron chi connectivity index (χ2n) is 4.89. The van der Waals surface area contributed by atoms with E-state index < -0.39 is 0 Å². The predicted octanol–water partition coefficient (Wildman–Crippen LogP) is 3.39. The van der Waals surface area contributed by atoms with Crippen molar-refractivity contribution in [1.29, 1.82) is 0 Å². The van der Waals surface area contributed by atoms with Crippen molar-refractivity contribution >= 4 is 0 Å². The van der Waals surface area contributed by atoms with Crippen LogP contribution in [0.25, 0.3) is 0 Å². The van der Waals surface area contributed by atoms with Crippen molar-refractivity contribution in [3.63, 3.8) is 0 Å². The third kappa shape index (κ3) is 8.04. The lowest BCUT2D eigenvalue weighted by molar-refractivity contribution is 0.148. The van der Waals surface area contributed by atoms with Crippen LogP contribution in [0.2, 0.25) is 0 Å². The molecule has 0 unspecified atom stereocenters. The van der Waals surface area contributed by atoms with Crippen molar-refractivity contribution in [3.8, 4) is 0 Å². The van der Waals surface area contributed by atoms with E-state index in [0.717, 1.165) is 12.8 Å². The molecule has 0 aliphatic rings. The fourth-order valence-corrected chi connectivity index (χ4v) is 1.15. The van der Waals surface area contributed by atoms with E-state index in [1.807, 2.05) is 0 Å². The monoisotopic (exact) mass is 184 g/mol. The van der Waals surface area contributed by atoms with Gasteiger partial charge in [-0.25, -0.2) is 0 Å². The average molecular weight is 184 g/mol. The molecule has 1 heteroatoms. The first kappa shape index (κ1) is 12.7. The molecule has 1 nitrogen and oxygen atoms in total. The molecule has 0 saturated heterocycles. The molecule has 0 saturated carbocycles. The number of allylic oxidation sites excluding steroid dienone is 2. The average Bonchev–Trinajstić information content (AvgIpc) is 2.03. The summed E-state index contributed by atoms with van der Waals surface area (Å²) in [5, 5.41) is 9.02. The molecule has 0 aliphatic heterocycles. The van der Waals surface area contributed by atoms with Gasteiger partial charge in [0.05, 0.1) is 0 Å². The molecule has 0 bridgehead atoms. The molecule has 0 aromatic rings. The highest BCUT2D eigenvalue weighted by Crippen LogP contribution is 2.22. The summed E-state index contributed by atoms with van der Waals surface area (Å²) in [4.78, 5) is 0. The third-order valence-corrected chi connectivity index (χ3v) is 2.17. The topological polar surface area (TPSA) is 20.2 Å². The van der Waals surface area contributed by atoms with Gasteiger partial charge in [0, 0.05) is 6.61 Å². The summed E-state index contributed by atoms with van der Waals surface area (Å²) in [6, 6.07) is 0. The summed E-state index contributed by atoms with van der Waals surface area (Å²) < 4.78 is 0. The molecular weight excluding hydrogens is 160 g/mol.